The van der Waals surface area contributed by atoms with Gasteiger partial charge in [0.15, 0.2) is 18.1 Å². The Balaban J connectivity index is 1.64. The summed E-state index contributed by atoms with van der Waals surface area (Å²) in [7, 11) is 0. The Morgan fingerprint density at radius 1 is 1.07 bits per heavy atom. The van der Waals surface area contributed by atoms with Crippen molar-refractivity contribution in [1.82, 2.24) is 0 Å². The topological polar surface area (TPSA) is 73.9 Å². The molecule has 0 saturated carbocycles. The van der Waals surface area contributed by atoms with E-state index in [0.29, 0.717) is 35.4 Å². The van der Waals surface area contributed by atoms with Crippen molar-refractivity contribution < 1.29 is 23.8 Å². The molecule has 1 amide bonds. The van der Waals surface area contributed by atoms with Crippen LogP contribution in [0.25, 0.3) is 0 Å². The average Bonchev–Trinajstić information content (AvgIpc) is 2.62. The molecular weight excluding hydrogens is 393 g/mol. The molecule has 142 valence electrons. The third kappa shape index (κ3) is 4.46. The SMILES string of the molecule is Cc1cc(C)c(NC(=O)COC(=O)c2cc(Cl)c3c(c2)OCCO3)c(Cl)c1. The van der Waals surface area contributed by atoms with Gasteiger partial charge in [-0.3, -0.25) is 4.79 Å². The van der Waals surface area contributed by atoms with Crippen LogP contribution in [0.3, 0.4) is 0 Å². The number of carbonyl (C=O) groups excluding carboxylic acids is 2. The number of aryl methyl sites for hydroxylation is 2. The Morgan fingerprint density at radius 2 is 1.81 bits per heavy atom. The van der Waals surface area contributed by atoms with Crippen LogP contribution in [0.1, 0.15) is 21.5 Å². The summed E-state index contributed by atoms with van der Waals surface area (Å²) in [5.41, 5.74) is 2.46. The molecule has 0 atom stereocenters. The number of hydrogen-bond acceptors (Lipinski definition) is 5. The lowest BCUT2D eigenvalue weighted by molar-refractivity contribution is -0.119. The van der Waals surface area contributed by atoms with Gasteiger partial charge in [-0.1, -0.05) is 29.3 Å². The van der Waals surface area contributed by atoms with Crippen LogP contribution in [-0.2, 0) is 9.53 Å². The van der Waals surface area contributed by atoms with E-state index in [9.17, 15) is 9.59 Å². The largest absolute Gasteiger partial charge is 0.486 e. The highest BCUT2D eigenvalue weighted by atomic mass is 35.5. The monoisotopic (exact) mass is 409 g/mol. The first-order chi connectivity index (χ1) is 12.8. The summed E-state index contributed by atoms with van der Waals surface area (Å²) in [5, 5.41) is 3.32. The summed E-state index contributed by atoms with van der Waals surface area (Å²) < 4.78 is 15.9. The van der Waals surface area contributed by atoms with Crippen molar-refractivity contribution >= 4 is 40.8 Å². The van der Waals surface area contributed by atoms with E-state index in [2.05, 4.69) is 5.32 Å². The van der Waals surface area contributed by atoms with Gasteiger partial charge < -0.3 is 19.5 Å². The van der Waals surface area contributed by atoms with Gasteiger partial charge in [0.1, 0.15) is 13.2 Å². The number of ether oxygens (including phenoxy) is 3. The molecule has 8 heteroatoms. The smallest absolute Gasteiger partial charge is 0.338 e. The van der Waals surface area contributed by atoms with Crippen molar-refractivity contribution in [3.05, 3.63) is 51.0 Å². The van der Waals surface area contributed by atoms with Crippen molar-refractivity contribution in [2.24, 2.45) is 0 Å². The van der Waals surface area contributed by atoms with Crippen molar-refractivity contribution in [2.75, 3.05) is 25.1 Å². The molecule has 0 spiro atoms. The maximum absolute atomic E-state index is 12.2. The number of rotatable bonds is 4. The summed E-state index contributed by atoms with van der Waals surface area (Å²) in [5.74, 6) is -0.439. The lowest BCUT2D eigenvalue weighted by atomic mass is 10.1. The van der Waals surface area contributed by atoms with Gasteiger partial charge >= 0.3 is 5.97 Å². The number of amides is 1. The van der Waals surface area contributed by atoms with Crippen LogP contribution in [0.4, 0.5) is 5.69 Å². The van der Waals surface area contributed by atoms with E-state index in [-0.39, 0.29) is 10.6 Å². The fraction of sp³-hybridized carbons (Fsp3) is 0.263. The van der Waals surface area contributed by atoms with Crippen molar-refractivity contribution in [1.29, 1.82) is 0 Å². The first-order valence-corrected chi connectivity index (χ1v) is 8.93. The Bertz CT molecular complexity index is 890. The highest BCUT2D eigenvalue weighted by molar-refractivity contribution is 6.34. The minimum absolute atomic E-state index is 0.168. The van der Waals surface area contributed by atoms with E-state index in [1.165, 1.54) is 12.1 Å². The Hall–Kier alpha value is -2.44. The number of carbonyl (C=O) groups is 2. The van der Waals surface area contributed by atoms with Gasteiger partial charge in [0.25, 0.3) is 5.91 Å². The molecule has 1 aliphatic rings. The summed E-state index contributed by atoms with van der Waals surface area (Å²) in [6.07, 6.45) is 0. The molecule has 1 aliphatic heterocycles. The van der Waals surface area contributed by atoms with Crippen molar-refractivity contribution in [2.45, 2.75) is 13.8 Å². The maximum atomic E-state index is 12.2. The highest BCUT2D eigenvalue weighted by Crippen LogP contribution is 2.38. The van der Waals surface area contributed by atoms with Crippen LogP contribution in [0, 0.1) is 13.8 Å². The number of fused-ring (bicyclic) bond motifs is 1. The molecule has 0 unspecified atom stereocenters. The Labute approximate surface area is 166 Å². The first kappa shape index (κ1) is 19.3. The summed E-state index contributed by atoms with van der Waals surface area (Å²) in [6, 6.07) is 6.52. The Morgan fingerprint density at radius 3 is 2.56 bits per heavy atom. The summed E-state index contributed by atoms with van der Waals surface area (Å²) in [6.45, 7) is 4.02. The third-order valence-corrected chi connectivity index (χ3v) is 4.44. The fourth-order valence-corrected chi connectivity index (χ4v) is 3.33. The van der Waals surface area contributed by atoms with Crippen molar-refractivity contribution in [3.63, 3.8) is 0 Å². The second-order valence-corrected chi connectivity index (χ2v) is 6.86. The van der Waals surface area contributed by atoms with E-state index in [4.69, 9.17) is 37.4 Å². The van der Waals surface area contributed by atoms with Gasteiger partial charge in [-0.05, 0) is 43.2 Å². The van der Waals surface area contributed by atoms with Crippen LogP contribution in [0.15, 0.2) is 24.3 Å². The molecule has 27 heavy (non-hydrogen) atoms. The summed E-state index contributed by atoms with van der Waals surface area (Å²) in [4.78, 5) is 24.4. The molecule has 3 rings (SSSR count). The van der Waals surface area contributed by atoms with Crippen LogP contribution < -0.4 is 14.8 Å². The zero-order chi connectivity index (χ0) is 19.6. The molecule has 2 aromatic rings. The number of nitrogens with one attached hydrogen (secondary N) is 1. The normalized spacial score (nSPS) is 12.4. The van der Waals surface area contributed by atoms with Gasteiger partial charge in [0.2, 0.25) is 0 Å². The van der Waals surface area contributed by atoms with Gasteiger partial charge in [-0.15, -0.1) is 0 Å². The number of benzene rings is 2. The van der Waals surface area contributed by atoms with Gasteiger partial charge in [-0.2, -0.15) is 0 Å². The van der Waals surface area contributed by atoms with Gasteiger partial charge in [-0.25, -0.2) is 4.79 Å². The van der Waals surface area contributed by atoms with Crippen molar-refractivity contribution in [3.8, 4) is 11.5 Å². The van der Waals surface area contributed by atoms with Gasteiger partial charge in [0.05, 0.1) is 21.3 Å². The quantitative estimate of drug-likeness (QED) is 0.766. The molecule has 0 bridgehead atoms. The number of esters is 1. The van der Waals surface area contributed by atoms with Crippen LogP contribution in [0.2, 0.25) is 10.0 Å². The van der Waals surface area contributed by atoms with Crippen LogP contribution >= 0.6 is 23.2 Å². The summed E-state index contributed by atoms with van der Waals surface area (Å²) >= 11 is 12.3. The molecule has 1 N–H and O–H groups in total. The number of anilines is 1. The first-order valence-electron chi connectivity index (χ1n) is 8.18. The minimum Gasteiger partial charge on any atom is -0.486 e. The van der Waals surface area contributed by atoms with E-state index >= 15 is 0 Å². The maximum Gasteiger partial charge on any atom is 0.338 e. The van der Waals surface area contributed by atoms with E-state index < -0.39 is 18.5 Å². The predicted octanol–water partition coefficient (Wildman–Crippen LogP) is 4.18. The predicted molar refractivity (Wildman–Crippen MR) is 102 cm³/mol. The fourth-order valence-electron chi connectivity index (χ4n) is 2.69. The molecule has 1 heterocycles. The number of halogens is 2. The highest BCUT2D eigenvalue weighted by Gasteiger charge is 2.20. The second-order valence-electron chi connectivity index (χ2n) is 6.05. The third-order valence-electron chi connectivity index (χ3n) is 3.86. The average molecular weight is 410 g/mol. The molecule has 2 aromatic carbocycles. The standard InChI is InChI=1S/C19H17Cl2NO5/c1-10-5-11(2)17(13(20)6-10)22-16(23)9-27-19(24)12-7-14(21)18-15(8-12)25-3-4-26-18/h5-8H,3-4,9H2,1-2H3,(H,22,23). The molecule has 0 aromatic heterocycles. The molecule has 0 aliphatic carbocycles. The van der Waals surface area contributed by atoms with Crippen LogP contribution in [0.5, 0.6) is 11.5 Å². The molecular formula is C19H17Cl2NO5. The Kier molecular flexibility index (Phi) is 5.77. The van der Waals surface area contributed by atoms with Crippen LogP contribution in [-0.4, -0.2) is 31.7 Å². The zero-order valence-corrected chi connectivity index (χ0v) is 16.2. The number of hydrogen-bond donors (Lipinski definition) is 1. The molecule has 6 nitrogen and oxygen atoms in total. The van der Waals surface area contributed by atoms with E-state index in [1.807, 2.05) is 19.9 Å². The minimum atomic E-state index is -0.698. The van der Waals surface area contributed by atoms with Gasteiger partial charge in [0, 0.05) is 0 Å². The molecule has 0 radical (unpaired) electrons. The molecule has 0 fully saturated rings. The second kappa shape index (κ2) is 8.06. The van der Waals surface area contributed by atoms with E-state index in [1.54, 1.807) is 6.07 Å². The molecule has 0 saturated heterocycles. The lowest BCUT2D eigenvalue weighted by Gasteiger charge is -2.20. The lowest BCUT2D eigenvalue weighted by Crippen LogP contribution is -2.22. The van der Waals surface area contributed by atoms with E-state index in [0.717, 1.165) is 11.1 Å². The zero-order valence-electron chi connectivity index (χ0n) is 14.7.